The van der Waals surface area contributed by atoms with Gasteiger partial charge in [-0.25, -0.2) is 5.14 Å². The van der Waals surface area contributed by atoms with E-state index >= 15 is 0 Å². The molecule has 0 aliphatic heterocycles. The van der Waals surface area contributed by atoms with Gasteiger partial charge in [-0.05, 0) is 6.42 Å². The standard InChI is InChI=1S/C5H13NO3S.Na.H/c1-2-3-4-5-9-10(6,7)8;;/h2-5H2,1H3,(H2,6,7,8);;/q;+1;-1. The Bertz CT molecular complexity index is 174. The first kappa shape index (κ1) is 14.4. The molecule has 0 radical (unpaired) electrons. The number of rotatable bonds is 5. The summed E-state index contributed by atoms with van der Waals surface area (Å²) < 4.78 is 24.6. The first-order valence-electron chi connectivity index (χ1n) is 3.23. The molecule has 0 bridgehead atoms. The van der Waals surface area contributed by atoms with E-state index in [-0.39, 0.29) is 37.6 Å². The Morgan fingerprint density at radius 1 is 1.45 bits per heavy atom. The molecular weight excluding hydrogens is 177 g/mol. The van der Waals surface area contributed by atoms with Crippen molar-refractivity contribution in [1.29, 1.82) is 0 Å². The Morgan fingerprint density at radius 2 is 2.00 bits per heavy atom. The second-order valence-electron chi connectivity index (χ2n) is 2.02. The molecule has 0 atom stereocenters. The van der Waals surface area contributed by atoms with Gasteiger partial charge in [0.15, 0.2) is 0 Å². The Labute approximate surface area is 91.5 Å². The predicted octanol–water partition coefficient (Wildman–Crippen LogP) is -2.49. The number of nitrogens with two attached hydrogens (primary N) is 1. The summed E-state index contributed by atoms with van der Waals surface area (Å²) in [5.74, 6) is 0. The summed E-state index contributed by atoms with van der Waals surface area (Å²) in [6, 6.07) is 0. The second-order valence-corrected chi connectivity index (χ2v) is 3.24. The maximum Gasteiger partial charge on any atom is 1.00 e. The van der Waals surface area contributed by atoms with Crippen LogP contribution < -0.4 is 34.7 Å². The first-order valence-corrected chi connectivity index (χ1v) is 4.70. The van der Waals surface area contributed by atoms with Gasteiger partial charge in [0, 0.05) is 0 Å². The largest absolute Gasteiger partial charge is 1.00 e. The minimum atomic E-state index is -3.70. The van der Waals surface area contributed by atoms with E-state index in [4.69, 9.17) is 0 Å². The van der Waals surface area contributed by atoms with Gasteiger partial charge in [-0.2, -0.15) is 8.42 Å². The van der Waals surface area contributed by atoms with Crippen LogP contribution in [0.15, 0.2) is 0 Å². The van der Waals surface area contributed by atoms with Crippen molar-refractivity contribution in [2.45, 2.75) is 26.2 Å². The predicted molar refractivity (Wildman–Crippen MR) is 39.7 cm³/mol. The average Bonchev–Trinajstić information content (AvgIpc) is 1.78. The molecule has 0 aromatic rings. The molecule has 0 fully saturated rings. The van der Waals surface area contributed by atoms with Gasteiger partial charge in [-0.1, -0.05) is 19.8 Å². The normalized spacial score (nSPS) is 10.7. The van der Waals surface area contributed by atoms with Crippen LogP contribution in [0.1, 0.15) is 27.6 Å². The Balaban J connectivity index is -0.000000405. The van der Waals surface area contributed by atoms with Crippen molar-refractivity contribution in [2.24, 2.45) is 5.14 Å². The van der Waals surface area contributed by atoms with Gasteiger partial charge in [-0.3, -0.25) is 4.18 Å². The Kier molecular flexibility index (Phi) is 9.84. The minimum Gasteiger partial charge on any atom is -1.00 e. The maximum absolute atomic E-state index is 10.1. The third-order valence-electron chi connectivity index (χ3n) is 0.995. The van der Waals surface area contributed by atoms with E-state index in [1.807, 2.05) is 6.92 Å². The molecule has 0 spiro atoms. The van der Waals surface area contributed by atoms with Crippen molar-refractivity contribution in [3.63, 3.8) is 0 Å². The van der Waals surface area contributed by atoms with Crippen LogP contribution in [0.3, 0.4) is 0 Å². The van der Waals surface area contributed by atoms with Crippen molar-refractivity contribution >= 4 is 10.3 Å². The molecule has 0 rings (SSSR count). The van der Waals surface area contributed by atoms with Gasteiger partial charge in [0.25, 0.3) is 0 Å². The molecule has 0 unspecified atom stereocenters. The van der Waals surface area contributed by atoms with Gasteiger partial charge in [-0.15, -0.1) is 0 Å². The fraction of sp³-hybridized carbons (Fsp3) is 1.00. The summed E-state index contributed by atoms with van der Waals surface area (Å²) in [5, 5.41) is 4.57. The van der Waals surface area contributed by atoms with Crippen molar-refractivity contribution in [1.82, 2.24) is 0 Å². The van der Waals surface area contributed by atoms with E-state index in [2.05, 4.69) is 9.32 Å². The van der Waals surface area contributed by atoms with E-state index in [1.165, 1.54) is 0 Å². The van der Waals surface area contributed by atoms with Crippen molar-refractivity contribution in [2.75, 3.05) is 6.61 Å². The molecule has 6 heteroatoms. The summed E-state index contributed by atoms with van der Waals surface area (Å²) in [6.07, 6.45) is 2.75. The molecule has 64 valence electrons. The molecule has 0 aromatic heterocycles. The molecule has 0 aliphatic carbocycles. The Morgan fingerprint density at radius 3 is 2.36 bits per heavy atom. The monoisotopic (exact) mass is 191 g/mol. The summed E-state index contributed by atoms with van der Waals surface area (Å²) in [4.78, 5) is 0. The summed E-state index contributed by atoms with van der Waals surface area (Å²) >= 11 is 0. The molecule has 0 aromatic carbocycles. The van der Waals surface area contributed by atoms with Gasteiger partial charge in [0.05, 0.1) is 6.61 Å². The Hall–Kier alpha value is 0.870. The van der Waals surface area contributed by atoms with Crippen molar-refractivity contribution < 1.29 is 43.6 Å². The van der Waals surface area contributed by atoms with Crippen LogP contribution in [-0.4, -0.2) is 15.0 Å². The van der Waals surface area contributed by atoms with Gasteiger partial charge < -0.3 is 1.43 Å². The third kappa shape index (κ3) is 13.8. The average molecular weight is 191 g/mol. The topological polar surface area (TPSA) is 69.4 Å². The van der Waals surface area contributed by atoms with Crippen LogP contribution in [0.4, 0.5) is 0 Å². The zero-order chi connectivity index (χ0) is 8.04. The number of unbranched alkanes of at least 4 members (excludes halogenated alkanes) is 2. The van der Waals surface area contributed by atoms with E-state index < -0.39 is 10.3 Å². The van der Waals surface area contributed by atoms with Crippen LogP contribution in [0.2, 0.25) is 0 Å². The van der Waals surface area contributed by atoms with Gasteiger partial charge in [0.2, 0.25) is 0 Å². The van der Waals surface area contributed by atoms with E-state index in [9.17, 15) is 8.42 Å². The third-order valence-corrected chi connectivity index (χ3v) is 1.49. The van der Waals surface area contributed by atoms with Crippen LogP contribution in [0, 0.1) is 0 Å². The number of hydrogen-bond donors (Lipinski definition) is 1. The molecule has 2 N–H and O–H groups in total. The molecule has 0 heterocycles. The van der Waals surface area contributed by atoms with Crippen LogP contribution in [0.5, 0.6) is 0 Å². The van der Waals surface area contributed by atoms with Crippen LogP contribution in [0.25, 0.3) is 0 Å². The second kappa shape index (κ2) is 7.52. The van der Waals surface area contributed by atoms with Crippen molar-refractivity contribution in [3.05, 3.63) is 0 Å². The van der Waals surface area contributed by atoms with Crippen LogP contribution in [-0.2, 0) is 14.5 Å². The minimum absolute atomic E-state index is 0. The molecule has 0 amide bonds. The molecule has 0 aliphatic rings. The molecule has 0 saturated heterocycles. The maximum atomic E-state index is 10.1. The van der Waals surface area contributed by atoms with Crippen LogP contribution >= 0.6 is 0 Å². The fourth-order valence-electron chi connectivity index (χ4n) is 0.527. The zero-order valence-electron chi connectivity index (χ0n) is 8.04. The molecule has 4 nitrogen and oxygen atoms in total. The summed E-state index contributed by atoms with van der Waals surface area (Å²) in [5.41, 5.74) is 0. The molecule has 11 heavy (non-hydrogen) atoms. The SMILES string of the molecule is CCCCCOS(N)(=O)=O.[H-].[Na+]. The fourth-order valence-corrected chi connectivity index (χ4v) is 0.877. The quantitative estimate of drug-likeness (QED) is 0.386. The van der Waals surface area contributed by atoms with E-state index in [0.29, 0.717) is 0 Å². The smallest absolute Gasteiger partial charge is 1.00 e. The summed E-state index contributed by atoms with van der Waals surface area (Å²) in [6.45, 7) is 2.23. The zero-order valence-corrected chi connectivity index (χ0v) is 9.86. The van der Waals surface area contributed by atoms with E-state index in [1.54, 1.807) is 0 Å². The van der Waals surface area contributed by atoms with Gasteiger partial charge >= 0.3 is 39.9 Å². The van der Waals surface area contributed by atoms with E-state index in [0.717, 1.165) is 19.3 Å². The summed E-state index contributed by atoms with van der Waals surface area (Å²) in [7, 11) is -3.70. The van der Waals surface area contributed by atoms with Gasteiger partial charge in [0.1, 0.15) is 0 Å². The molecular formula is C5H14NNaO3S. The van der Waals surface area contributed by atoms with Crippen molar-refractivity contribution in [3.8, 4) is 0 Å². The molecule has 0 saturated carbocycles. The number of hydrogen-bond acceptors (Lipinski definition) is 3. The first-order chi connectivity index (χ1) is 4.56.